The van der Waals surface area contributed by atoms with E-state index in [1.54, 1.807) is 19.0 Å². The molecule has 1 saturated heterocycles. The molecule has 0 bridgehead atoms. The highest BCUT2D eigenvalue weighted by Gasteiger charge is 2.29. The molecule has 0 amide bonds. The average Bonchev–Trinajstić information content (AvgIpc) is 2.63. The minimum atomic E-state index is -0.567. The third-order valence-corrected chi connectivity index (χ3v) is 3.46. The Hall–Kier alpha value is -1.01. The Labute approximate surface area is 112 Å². The molecule has 1 aliphatic heterocycles. The molecule has 0 aromatic carbocycles. The molecule has 0 aromatic rings. The smallest absolute Gasteiger partial charge is 0.377 e. The van der Waals surface area contributed by atoms with Crippen molar-refractivity contribution in [3.8, 4) is 0 Å². The van der Waals surface area contributed by atoms with E-state index in [-0.39, 0.29) is 5.16 Å². The summed E-state index contributed by atoms with van der Waals surface area (Å²) < 4.78 is 5.40. The van der Waals surface area contributed by atoms with Crippen LogP contribution < -0.4 is 0 Å². The second-order valence-corrected chi connectivity index (χ2v) is 5.28. The molecular formula is C11H20ClN3O3. The van der Waals surface area contributed by atoms with E-state index in [9.17, 15) is 10.1 Å². The van der Waals surface area contributed by atoms with Crippen molar-refractivity contribution >= 4 is 11.6 Å². The van der Waals surface area contributed by atoms with Crippen LogP contribution in [0.5, 0.6) is 0 Å². The minimum absolute atomic E-state index is 0.353. The molecule has 18 heavy (non-hydrogen) atoms. The molecule has 104 valence electrons. The van der Waals surface area contributed by atoms with Crippen LogP contribution in [0.4, 0.5) is 0 Å². The monoisotopic (exact) mass is 277 g/mol. The lowest BCUT2D eigenvalue weighted by molar-refractivity contribution is -0.415. The van der Waals surface area contributed by atoms with Crippen LogP contribution in [0, 0.1) is 22.0 Å². The summed E-state index contributed by atoms with van der Waals surface area (Å²) in [7, 11) is 5.30. The zero-order valence-electron chi connectivity index (χ0n) is 11.2. The van der Waals surface area contributed by atoms with Gasteiger partial charge in [-0.2, -0.15) is 0 Å². The number of nitro groups is 1. The number of rotatable bonds is 5. The summed E-state index contributed by atoms with van der Waals surface area (Å²) in [6.07, 6.45) is 0. The van der Waals surface area contributed by atoms with E-state index in [1.807, 2.05) is 11.9 Å². The van der Waals surface area contributed by atoms with Gasteiger partial charge in [0.15, 0.2) is 5.82 Å². The summed E-state index contributed by atoms with van der Waals surface area (Å²) in [5.74, 6) is 1.26. The third kappa shape index (κ3) is 3.49. The first-order chi connectivity index (χ1) is 8.34. The van der Waals surface area contributed by atoms with Gasteiger partial charge in [-0.25, -0.2) is 0 Å². The summed E-state index contributed by atoms with van der Waals surface area (Å²) in [5.41, 5.74) is 0. The largest absolute Gasteiger partial charge is 0.381 e. The standard InChI is InChI=1S/C11H20ClN3O3/c1-8-6-18-7-9(8)5-14(4)11(13(2)3)10(12)15(16)17/h8-9H,5-7H2,1-4H3. The Morgan fingerprint density at radius 2 is 2.06 bits per heavy atom. The van der Waals surface area contributed by atoms with Gasteiger partial charge in [0, 0.05) is 40.2 Å². The Kier molecular flexibility index (Phi) is 5.22. The van der Waals surface area contributed by atoms with Crippen molar-refractivity contribution in [2.24, 2.45) is 11.8 Å². The van der Waals surface area contributed by atoms with Crippen LogP contribution in [0.25, 0.3) is 0 Å². The van der Waals surface area contributed by atoms with Crippen LogP contribution in [0.3, 0.4) is 0 Å². The zero-order valence-corrected chi connectivity index (χ0v) is 12.0. The molecule has 0 radical (unpaired) electrons. The van der Waals surface area contributed by atoms with Crippen LogP contribution in [0.15, 0.2) is 11.0 Å². The average molecular weight is 278 g/mol. The molecule has 1 aliphatic rings. The third-order valence-electron chi connectivity index (χ3n) is 3.16. The Morgan fingerprint density at radius 3 is 2.44 bits per heavy atom. The van der Waals surface area contributed by atoms with Gasteiger partial charge >= 0.3 is 5.16 Å². The molecule has 1 rings (SSSR count). The molecule has 6 nitrogen and oxygen atoms in total. The lowest BCUT2D eigenvalue weighted by atomic mass is 9.98. The first kappa shape index (κ1) is 15.0. The van der Waals surface area contributed by atoms with Crippen molar-refractivity contribution in [1.29, 1.82) is 0 Å². The lowest BCUT2D eigenvalue weighted by Gasteiger charge is -2.29. The van der Waals surface area contributed by atoms with Crippen molar-refractivity contribution < 1.29 is 9.66 Å². The maximum absolute atomic E-state index is 10.8. The summed E-state index contributed by atoms with van der Waals surface area (Å²) >= 11 is 5.76. The van der Waals surface area contributed by atoms with Gasteiger partial charge in [-0.1, -0.05) is 6.92 Å². The number of hydrogen-bond donors (Lipinski definition) is 0. The van der Waals surface area contributed by atoms with Crippen LogP contribution >= 0.6 is 11.6 Å². The van der Waals surface area contributed by atoms with Gasteiger partial charge in [-0.3, -0.25) is 10.1 Å². The van der Waals surface area contributed by atoms with Crippen molar-refractivity contribution in [3.05, 3.63) is 21.1 Å². The summed E-state index contributed by atoms with van der Waals surface area (Å²) in [6, 6.07) is 0. The van der Waals surface area contributed by atoms with E-state index in [0.29, 0.717) is 30.8 Å². The van der Waals surface area contributed by atoms with E-state index in [1.165, 1.54) is 0 Å². The summed E-state index contributed by atoms with van der Waals surface area (Å²) in [5, 5.41) is 10.4. The van der Waals surface area contributed by atoms with Crippen LogP contribution in [0.1, 0.15) is 6.92 Å². The number of halogens is 1. The minimum Gasteiger partial charge on any atom is -0.381 e. The molecule has 1 fully saturated rings. The first-order valence-corrected chi connectivity index (χ1v) is 6.22. The van der Waals surface area contributed by atoms with Crippen molar-refractivity contribution in [2.75, 3.05) is 40.9 Å². The highest BCUT2D eigenvalue weighted by Crippen LogP contribution is 2.24. The SMILES string of the molecule is CC1COCC1CN(C)C(=C(Cl)[N+](=O)[O-])N(C)C. The highest BCUT2D eigenvalue weighted by molar-refractivity contribution is 6.28. The molecule has 0 aliphatic carbocycles. The van der Waals surface area contributed by atoms with Crippen molar-refractivity contribution in [3.63, 3.8) is 0 Å². The van der Waals surface area contributed by atoms with E-state index < -0.39 is 4.92 Å². The fourth-order valence-electron chi connectivity index (χ4n) is 2.14. The van der Waals surface area contributed by atoms with Gasteiger partial charge in [0.05, 0.1) is 11.5 Å². The maximum atomic E-state index is 10.8. The molecule has 2 atom stereocenters. The van der Waals surface area contributed by atoms with E-state index in [2.05, 4.69) is 6.92 Å². The van der Waals surface area contributed by atoms with Gasteiger partial charge < -0.3 is 14.5 Å². The topological polar surface area (TPSA) is 58.9 Å². The molecule has 2 unspecified atom stereocenters. The number of ether oxygens (including phenoxy) is 1. The molecule has 7 heteroatoms. The van der Waals surface area contributed by atoms with Crippen LogP contribution in [-0.4, -0.2) is 55.6 Å². The zero-order chi connectivity index (χ0) is 13.9. The molecule has 0 N–H and O–H groups in total. The van der Waals surface area contributed by atoms with E-state index >= 15 is 0 Å². The maximum Gasteiger partial charge on any atom is 0.377 e. The fourth-order valence-corrected chi connectivity index (χ4v) is 2.45. The van der Waals surface area contributed by atoms with Gasteiger partial charge in [-0.05, 0) is 17.5 Å². The Morgan fingerprint density at radius 1 is 1.44 bits per heavy atom. The van der Waals surface area contributed by atoms with Gasteiger partial charge in [0.25, 0.3) is 0 Å². The predicted octanol–water partition coefficient (Wildman–Crippen LogP) is 1.40. The predicted molar refractivity (Wildman–Crippen MR) is 69.7 cm³/mol. The molecule has 1 heterocycles. The van der Waals surface area contributed by atoms with E-state index in [0.717, 1.165) is 6.61 Å². The fraction of sp³-hybridized carbons (Fsp3) is 0.818. The summed E-state index contributed by atoms with van der Waals surface area (Å²) in [4.78, 5) is 13.7. The van der Waals surface area contributed by atoms with Gasteiger partial charge in [-0.15, -0.1) is 0 Å². The number of hydrogen-bond acceptors (Lipinski definition) is 5. The highest BCUT2D eigenvalue weighted by atomic mass is 35.5. The first-order valence-electron chi connectivity index (χ1n) is 5.85. The van der Waals surface area contributed by atoms with Crippen molar-refractivity contribution in [2.45, 2.75) is 6.92 Å². The molecule has 0 saturated carbocycles. The van der Waals surface area contributed by atoms with E-state index in [4.69, 9.17) is 16.3 Å². The quantitative estimate of drug-likeness (QED) is 0.432. The van der Waals surface area contributed by atoms with Crippen molar-refractivity contribution in [1.82, 2.24) is 9.80 Å². The number of nitrogens with zero attached hydrogens (tertiary/aromatic N) is 3. The lowest BCUT2D eigenvalue weighted by Crippen LogP contribution is -2.35. The van der Waals surface area contributed by atoms with Crippen LogP contribution in [0.2, 0.25) is 0 Å². The molecule has 0 aromatic heterocycles. The molecule has 0 spiro atoms. The Balaban J connectivity index is 2.81. The van der Waals surface area contributed by atoms with Gasteiger partial charge in [0.1, 0.15) is 0 Å². The summed E-state index contributed by atoms with van der Waals surface area (Å²) in [6.45, 7) is 4.27. The molecular weight excluding hydrogens is 258 g/mol. The van der Waals surface area contributed by atoms with Crippen LogP contribution in [-0.2, 0) is 4.74 Å². The van der Waals surface area contributed by atoms with Gasteiger partial charge in [0.2, 0.25) is 0 Å². The second kappa shape index (κ2) is 6.24. The Bertz CT molecular complexity index is 346. The second-order valence-electron chi connectivity index (χ2n) is 4.92. The normalized spacial score (nSPS) is 24.7.